The van der Waals surface area contributed by atoms with E-state index in [1.165, 1.54) is 0 Å². The van der Waals surface area contributed by atoms with Crippen LogP contribution >= 0.6 is 0 Å². The summed E-state index contributed by atoms with van der Waals surface area (Å²) in [6, 6.07) is 0.766. The molecule has 2 bridgehead atoms. The Labute approximate surface area is 291 Å². The Morgan fingerprint density at radius 2 is 0.979 bits per heavy atom. The lowest BCUT2D eigenvalue weighted by atomic mass is 10.1. The van der Waals surface area contributed by atoms with Crippen LogP contribution in [-0.2, 0) is 27.5 Å². The van der Waals surface area contributed by atoms with Gasteiger partial charge in [-0.25, -0.2) is 0 Å². The van der Waals surface area contributed by atoms with Crippen LogP contribution in [0.15, 0.2) is 0 Å². The second kappa shape index (κ2) is 30.2. The van der Waals surface area contributed by atoms with E-state index < -0.39 is 14.9 Å². The molecule has 0 saturated carbocycles. The van der Waals surface area contributed by atoms with Gasteiger partial charge in [0.25, 0.3) is 0 Å². The molecule has 3 atom stereocenters. The fraction of sp³-hybridized carbons (Fsp3) is 1.00. The molecule has 2 aliphatic rings. The van der Waals surface area contributed by atoms with Crippen molar-refractivity contribution >= 4 is 8.80 Å². The average molecular weight is 710 g/mol. The van der Waals surface area contributed by atoms with E-state index in [1.54, 1.807) is 0 Å². The van der Waals surface area contributed by atoms with Crippen LogP contribution in [-0.4, -0.2) is 189 Å². The lowest BCUT2D eigenvalue weighted by Crippen LogP contribution is -2.44. The average Bonchev–Trinajstić information content (AvgIpc) is 3.58. The minimum atomic E-state index is -2.49. The molecular formula is C31H71N9O7Si. The molecule has 2 rings (SSSR count). The van der Waals surface area contributed by atoms with Gasteiger partial charge in [0.2, 0.25) is 0 Å². The first-order valence-electron chi connectivity index (χ1n) is 18.4. The highest BCUT2D eigenvalue weighted by atomic mass is 28.4. The van der Waals surface area contributed by atoms with Gasteiger partial charge in [0, 0.05) is 124 Å². The summed E-state index contributed by atoms with van der Waals surface area (Å²) in [6.45, 7) is 22.4. The van der Waals surface area contributed by atoms with Gasteiger partial charge < -0.3 is 80.9 Å². The number of aliphatic hydroxyl groups excluding tert-OH is 1. The van der Waals surface area contributed by atoms with Gasteiger partial charge >= 0.3 is 8.80 Å². The first kappa shape index (κ1) is 43.7. The maximum atomic E-state index is 10.1. The predicted octanol–water partition coefficient (Wildman–Crippen LogP) is -3.38. The van der Waals surface area contributed by atoms with Crippen molar-refractivity contribution in [2.45, 2.75) is 50.7 Å². The molecule has 2 fully saturated rings. The summed E-state index contributed by atoms with van der Waals surface area (Å²) in [5, 5.41) is 36.9. The zero-order chi connectivity index (χ0) is 34.4. The second-order valence-corrected chi connectivity index (χ2v) is 14.8. The Morgan fingerprint density at radius 3 is 1.42 bits per heavy atom. The third-order valence-electron chi connectivity index (χ3n) is 7.84. The number of hydrogen-bond acceptors (Lipinski definition) is 16. The van der Waals surface area contributed by atoms with Crippen LogP contribution < -0.4 is 48.3 Å². The number of aliphatic hydroxyl groups is 1. The number of nitrogens with two attached hydrogens (primary N) is 1. The van der Waals surface area contributed by atoms with Gasteiger partial charge in [0.1, 0.15) is 0 Å². The molecule has 0 aliphatic carbocycles. The monoisotopic (exact) mass is 710 g/mol. The van der Waals surface area contributed by atoms with E-state index in [4.69, 9.17) is 33.2 Å². The van der Waals surface area contributed by atoms with Gasteiger partial charge in [-0.3, -0.25) is 0 Å². The number of hydrogen-bond donors (Lipinski definition) is 10. The van der Waals surface area contributed by atoms with Crippen LogP contribution in [0.25, 0.3) is 0 Å². The van der Waals surface area contributed by atoms with Crippen LogP contribution in [0.5, 0.6) is 0 Å². The Morgan fingerprint density at radius 1 is 0.562 bits per heavy atom. The van der Waals surface area contributed by atoms with Crippen molar-refractivity contribution in [2.75, 3.05) is 151 Å². The zero-order valence-electron chi connectivity index (χ0n) is 30.0. The van der Waals surface area contributed by atoms with Crippen molar-refractivity contribution in [3.05, 3.63) is 0 Å². The molecule has 3 unspecified atom stereocenters. The Bertz CT molecular complexity index is 717. The Hall–Kier alpha value is -0.423. The zero-order valence-corrected chi connectivity index (χ0v) is 31.0. The van der Waals surface area contributed by atoms with Gasteiger partial charge in [-0.15, -0.1) is 0 Å². The van der Waals surface area contributed by atoms with Crippen molar-refractivity contribution < 1.29 is 32.6 Å². The van der Waals surface area contributed by atoms with Crippen LogP contribution in [0, 0.1) is 0 Å². The van der Waals surface area contributed by atoms with Gasteiger partial charge in [0.15, 0.2) is 0 Å². The molecule has 0 aromatic rings. The summed E-state index contributed by atoms with van der Waals surface area (Å²) in [6.07, 6.45) is 0.594. The molecular weight excluding hydrogens is 638 g/mol. The smallest absolute Gasteiger partial charge is 0.389 e. The fourth-order valence-electron chi connectivity index (χ4n) is 5.32. The highest BCUT2D eigenvalue weighted by Gasteiger charge is 2.60. The third-order valence-corrected chi connectivity index (χ3v) is 10.9. The van der Waals surface area contributed by atoms with Crippen LogP contribution in [0.2, 0.25) is 6.04 Å². The quantitative estimate of drug-likeness (QED) is 0.0226. The standard InChI is InChI=1S/C31H71N9O7Si/c1-28-31-29(2)46-48(45-28,47-31)25-3-20-44-27-30(41)26-40-15-14-35-9-13-39-19-24-43-23-18-38-12-8-34-7-11-37-17-22-42-21-16-36-10-6-33-5-4-32/h28-31,33-41H,3-27,32H2,1-2H3. The molecule has 48 heavy (non-hydrogen) atoms. The third kappa shape index (κ3) is 22.4. The van der Waals surface area contributed by atoms with Crippen molar-refractivity contribution in [1.29, 1.82) is 0 Å². The molecule has 2 aliphatic heterocycles. The minimum Gasteiger partial charge on any atom is -0.389 e. The Kier molecular flexibility index (Phi) is 27.5. The molecule has 2 heterocycles. The maximum Gasteiger partial charge on any atom is 0.502 e. The normalized spacial score (nSPS) is 22.6. The van der Waals surface area contributed by atoms with Gasteiger partial charge in [0.05, 0.1) is 57.5 Å². The van der Waals surface area contributed by atoms with Crippen molar-refractivity contribution in [3.8, 4) is 0 Å². The fourth-order valence-corrected chi connectivity index (χ4v) is 8.62. The lowest BCUT2D eigenvalue weighted by Gasteiger charge is -2.26. The lowest BCUT2D eigenvalue weighted by molar-refractivity contribution is 0.0310. The van der Waals surface area contributed by atoms with Gasteiger partial charge in [-0.05, 0) is 20.3 Å². The van der Waals surface area contributed by atoms with E-state index in [1.807, 2.05) is 0 Å². The van der Waals surface area contributed by atoms with Crippen LogP contribution in [0.1, 0.15) is 20.3 Å². The highest BCUT2D eigenvalue weighted by Crippen LogP contribution is 2.40. The SMILES string of the molecule is CC1O[Si]2(CCCOCC(O)CNCCNCCNCCOCCNCCNCCNCCOCCNCCNCCN)OC(C)C1O2. The topological polar surface area (TPSA) is 198 Å². The van der Waals surface area contributed by atoms with E-state index >= 15 is 0 Å². The molecule has 16 nitrogen and oxygen atoms in total. The molecule has 0 amide bonds. The summed E-state index contributed by atoms with van der Waals surface area (Å²) in [5.41, 5.74) is 5.43. The molecule has 0 aromatic carbocycles. The van der Waals surface area contributed by atoms with Crippen molar-refractivity contribution in [1.82, 2.24) is 42.5 Å². The van der Waals surface area contributed by atoms with Crippen LogP contribution in [0.3, 0.4) is 0 Å². The molecule has 286 valence electrons. The first-order chi connectivity index (χ1) is 23.6. The summed E-state index contributed by atoms with van der Waals surface area (Å²) in [4.78, 5) is 0. The van der Waals surface area contributed by atoms with Gasteiger partial charge in [-0.2, -0.15) is 0 Å². The van der Waals surface area contributed by atoms with Gasteiger partial charge in [-0.1, -0.05) is 0 Å². The summed E-state index contributed by atoms with van der Waals surface area (Å²) in [7, 11) is -2.49. The van der Waals surface area contributed by atoms with E-state index in [-0.39, 0.29) is 18.3 Å². The number of fused-ring (bicyclic) bond motifs is 2. The molecule has 0 radical (unpaired) electrons. The number of nitrogens with one attached hydrogen (secondary N) is 8. The predicted molar refractivity (Wildman–Crippen MR) is 192 cm³/mol. The van der Waals surface area contributed by atoms with E-state index in [2.05, 4.69) is 56.4 Å². The van der Waals surface area contributed by atoms with Crippen molar-refractivity contribution in [3.63, 3.8) is 0 Å². The summed E-state index contributed by atoms with van der Waals surface area (Å²) >= 11 is 0. The molecule has 11 N–H and O–H groups in total. The molecule has 0 aromatic heterocycles. The largest absolute Gasteiger partial charge is 0.502 e. The number of ether oxygens (including phenoxy) is 3. The Balaban J connectivity index is 1.17. The van der Waals surface area contributed by atoms with E-state index in [0.29, 0.717) is 39.5 Å². The second-order valence-electron chi connectivity index (χ2n) is 12.2. The molecule has 0 spiro atoms. The van der Waals surface area contributed by atoms with E-state index in [9.17, 15) is 5.11 Å². The minimum absolute atomic E-state index is 0.0730. The summed E-state index contributed by atoms with van der Waals surface area (Å²) < 4.78 is 34.9. The first-order valence-corrected chi connectivity index (χ1v) is 20.3. The molecule has 2 saturated heterocycles. The number of rotatable bonds is 37. The van der Waals surface area contributed by atoms with Crippen molar-refractivity contribution in [2.24, 2.45) is 5.73 Å². The molecule has 17 heteroatoms. The van der Waals surface area contributed by atoms with E-state index in [0.717, 1.165) is 124 Å². The summed E-state index contributed by atoms with van der Waals surface area (Å²) in [5.74, 6) is 0. The highest BCUT2D eigenvalue weighted by molar-refractivity contribution is 6.62. The van der Waals surface area contributed by atoms with Crippen LogP contribution in [0.4, 0.5) is 0 Å². The maximum absolute atomic E-state index is 10.1.